The maximum absolute atomic E-state index is 12.5. The summed E-state index contributed by atoms with van der Waals surface area (Å²) in [6, 6.07) is 10.2. The van der Waals surface area contributed by atoms with E-state index >= 15 is 0 Å². The number of hydrogen-bond donors (Lipinski definition) is 1. The van der Waals surface area contributed by atoms with E-state index in [0.717, 1.165) is 5.56 Å². The molecule has 2 heterocycles. The van der Waals surface area contributed by atoms with Crippen LogP contribution in [0.5, 0.6) is 0 Å². The summed E-state index contributed by atoms with van der Waals surface area (Å²) in [5, 5.41) is 20.5. The number of benzene rings is 1. The first-order valence-electron chi connectivity index (χ1n) is 9.80. The second kappa shape index (κ2) is 9.24. The van der Waals surface area contributed by atoms with Crippen LogP contribution in [0.2, 0.25) is 5.02 Å². The monoisotopic (exact) mass is 455 g/mol. The first kappa shape index (κ1) is 23.0. The molecule has 0 spiro atoms. The Morgan fingerprint density at radius 3 is 2.75 bits per heavy atom. The topological polar surface area (TPSA) is 123 Å². The zero-order valence-electron chi connectivity index (χ0n) is 18.0. The molecule has 0 aliphatic carbocycles. The number of amides is 1. The Kier molecular flexibility index (Phi) is 6.65. The molecule has 3 rings (SSSR count). The number of ether oxygens (including phenoxy) is 1. The lowest BCUT2D eigenvalue weighted by Gasteiger charge is -2.20. The fourth-order valence-corrected chi connectivity index (χ4v) is 3.30. The van der Waals surface area contributed by atoms with E-state index in [4.69, 9.17) is 26.1 Å². The van der Waals surface area contributed by atoms with Crippen LogP contribution in [-0.4, -0.2) is 32.9 Å². The van der Waals surface area contributed by atoms with Gasteiger partial charge in [0.15, 0.2) is 17.1 Å². The predicted octanol–water partition coefficient (Wildman–Crippen LogP) is 3.68. The van der Waals surface area contributed by atoms with Crippen LogP contribution >= 0.6 is 11.6 Å². The number of aromatic nitrogens is 3. The second-order valence-corrected chi connectivity index (χ2v) is 8.19. The third-order valence-corrected chi connectivity index (χ3v) is 4.91. The van der Waals surface area contributed by atoms with Crippen LogP contribution < -0.4 is 5.32 Å². The Morgan fingerprint density at radius 1 is 1.34 bits per heavy atom. The number of halogens is 1. The van der Waals surface area contributed by atoms with Crippen molar-refractivity contribution >= 4 is 23.5 Å². The van der Waals surface area contributed by atoms with Crippen molar-refractivity contribution < 1.29 is 18.8 Å². The van der Waals surface area contributed by atoms with Crippen molar-refractivity contribution in [3.8, 4) is 17.3 Å². The Hall–Kier alpha value is -3.64. The molecule has 1 aromatic carbocycles. The molecule has 0 bridgehead atoms. The number of hydrogen-bond acceptors (Lipinski definition) is 7. The van der Waals surface area contributed by atoms with Crippen molar-refractivity contribution in [2.45, 2.75) is 45.9 Å². The highest BCUT2D eigenvalue weighted by molar-refractivity contribution is 6.32. The summed E-state index contributed by atoms with van der Waals surface area (Å²) in [5.74, 6) is -0.617. The average molecular weight is 456 g/mol. The van der Waals surface area contributed by atoms with Crippen molar-refractivity contribution in [2.24, 2.45) is 0 Å². The quantitative estimate of drug-likeness (QED) is 0.539. The molecule has 0 saturated heterocycles. The average Bonchev–Trinajstić information content (AvgIpc) is 3.37. The lowest BCUT2D eigenvalue weighted by Crippen LogP contribution is -2.36. The number of nitrogens with zero attached hydrogens (tertiary/aromatic N) is 4. The van der Waals surface area contributed by atoms with Gasteiger partial charge in [0, 0.05) is 30.8 Å². The van der Waals surface area contributed by atoms with Crippen molar-refractivity contribution in [2.75, 3.05) is 0 Å². The highest BCUT2D eigenvalue weighted by Crippen LogP contribution is 2.26. The van der Waals surface area contributed by atoms with Gasteiger partial charge in [-0.05, 0) is 39.0 Å². The summed E-state index contributed by atoms with van der Waals surface area (Å²) in [4.78, 5) is 23.8. The number of rotatable bonds is 7. The molecule has 1 N–H and O–H groups in total. The normalized spacial score (nSPS) is 12.1. The van der Waals surface area contributed by atoms with Gasteiger partial charge in [-0.3, -0.25) is 14.3 Å². The lowest BCUT2D eigenvalue weighted by molar-refractivity contribution is -0.156. The van der Waals surface area contributed by atoms with Gasteiger partial charge in [-0.2, -0.15) is 10.4 Å². The zero-order valence-corrected chi connectivity index (χ0v) is 18.8. The lowest BCUT2D eigenvalue weighted by atomic mass is 10.1. The SMILES string of the molecule is CC(=O)OC(C)(C)c1cc(C(=O)NC(C)Cn2ccc(-c3ccc(C#N)c(Cl)c3)n2)no1. The van der Waals surface area contributed by atoms with E-state index in [1.807, 2.05) is 19.1 Å². The molecule has 32 heavy (non-hydrogen) atoms. The molecule has 2 aromatic heterocycles. The minimum absolute atomic E-state index is 0.0838. The van der Waals surface area contributed by atoms with Gasteiger partial charge in [-0.25, -0.2) is 0 Å². The standard InChI is InChI=1S/C22H22ClN5O4/c1-13(25-21(30)19-10-20(32-27-19)22(3,4)31-14(2)29)12-28-8-7-18(26-28)15-5-6-16(11-24)17(23)9-15/h5-10,13H,12H2,1-4H3,(H,25,30). The van der Waals surface area contributed by atoms with Gasteiger partial charge in [0.2, 0.25) is 0 Å². The molecule has 3 aromatic rings. The Balaban J connectivity index is 1.62. The summed E-state index contributed by atoms with van der Waals surface area (Å²) in [6.45, 7) is 6.84. The van der Waals surface area contributed by atoms with Crippen molar-refractivity contribution in [1.82, 2.24) is 20.3 Å². The number of carbonyl (C=O) groups excluding carboxylic acids is 2. The molecule has 1 amide bonds. The van der Waals surface area contributed by atoms with Gasteiger partial charge < -0.3 is 14.6 Å². The molecule has 10 heteroatoms. The Bertz CT molecular complexity index is 1190. The number of nitrogens with one attached hydrogen (secondary N) is 1. The van der Waals surface area contributed by atoms with E-state index in [1.54, 1.807) is 42.9 Å². The van der Waals surface area contributed by atoms with E-state index in [-0.39, 0.29) is 17.5 Å². The summed E-state index contributed by atoms with van der Waals surface area (Å²) in [6.07, 6.45) is 1.79. The fourth-order valence-electron chi connectivity index (χ4n) is 3.08. The van der Waals surface area contributed by atoms with E-state index in [2.05, 4.69) is 15.6 Å². The maximum Gasteiger partial charge on any atom is 0.303 e. The van der Waals surface area contributed by atoms with Crippen LogP contribution in [0.25, 0.3) is 11.3 Å². The van der Waals surface area contributed by atoms with Crippen LogP contribution in [0.1, 0.15) is 49.5 Å². The van der Waals surface area contributed by atoms with E-state index < -0.39 is 17.5 Å². The van der Waals surface area contributed by atoms with Gasteiger partial charge in [0.1, 0.15) is 6.07 Å². The Labute approximate surface area is 189 Å². The van der Waals surface area contributed by atoms with Gasteiger partial charge in [0.05, 0.1) is 22.8 Å². The van der Waals surface area contributed by atoms with Crippen molar-refractivity contribution in [3.05, 3.63) is 58.6 Å². The van der Waals surface area contributed by atoms with Crippen LogP contribution in [0.4, 0.5) is 0 Å². The largest absolute Gasteiger partial charge is 0.452 e. The molecule has 0 fully saturated rings. The number of esters is 1. The highest BCUT2D eigenvalue weighted by atomic mass is 35.5. The minimum atomic E-state index is -1.04. The molecule has 0 saturated carbocycles. The maximum atomic E-state index is 12.5. The summed E-state index contributed by atoms with van der Waals surface area (Å²) < 4.78 is 12.1. The molecule has 9 nitrogen and oxygen atoms in total. The van der Waals surface area contributed by atoms with E-state index in [0.29, 0.717) is 22.8 Å². The zero-order chi connectivity index (χ0) is 23.5. The minimum Gasteiger partial charge on any atom is -0.452 e. The summed E-state index contributed by atoms with van der Waals surface area (Å²) >= 11 is 6.10. The first-order valence-corrected chi connectivity index (χ1v) is 10.2. The first-order chi connectivity index (χ1) is 15.1. The van der Waals surface area contributed by atoms with Crippen molar-refractivity contribution in [1.29, 1.82) is 5.26 Å². The smallest absolute Gasteiger partial charge is 0.303 e. The van der Waals surface area contributed by atoms with Gasteiger partial charge >= 0.3 is 5.97 Å². The van der Waals surface area contributed by atoms with Gasteiger partial charge in [-0.1, -0.05) is 22.8 Å². The van der Waals surface area contributed by atoms with Crippen LogP contribution in [-0.2, 0) is 21.7 Å². The molecule has 1 atom stereocenters. The Morgan fingerprint density at radius 2 is 2.09 bits per heavy atom. The van der Waals surface area contributed by atoms with Gasteiger partial charge in [0.25, 0.3) is 5.91 Å². The molecular formula is C22H22ClN5O4. The third kappa shape index (κ3) is 5.34. The van der Waals surface area contributed by atoms with Crippen LogP contribution in [0.15, 0.2) is 41.1 Å². The third-order valence-electron chi connectivity index (χ3n) is 4.60. The number of carbonyl (C=O) groups is 2. The highest BCUT2D eigenvalue weighted by Gasteiger charge is 2.30. The fraction of sp³-hybridized carbons (Fsp3) is 0.318. The molecule has 0 aliphatic heterocycles. The predicted molar refractivity (Wildman–Crippen MR) is 116 cm³/mol. The van der Waals surface area contributed by atoms with Crippen molar-refractivity contribution in [3.63, 3.8) is 0 Å². The molecule has 0 radical (unpaired) electrons. The molecular weight excluding hydrogens is 434 g/mol. The number of nitriles is 1. The van der Waals surface area contributed by atoms with Crippen LogP contribution in [0, 0.1) is 11.3 Å². The molecule has 0 aliphatic rings. The molecule has 1 unspecified atom stereocenters. The van der Waals surface area contributed by atoms with Crippen LogP contribution in [0.3, 0.4) is 0 Å². The van der Waals surface area contributed by atoms with E-state index in [1.165, 1.54) is 13.0 Å². The summed E-state index contributed by atoms with van der Waals surface area (Å²) in [7, 11) is 0. The molecule has 166 valence electrons. The summed E-state index contributed by atoms with van der Waals surface area (Å²) in [5.41, 5.74) is 0.931. The van der Waals surface area contributed by atoms with E-state index in [9.17, 15) is 9.59 Å². The second-order valence-electron chi connectivity index (χ2n) is 7.78. The van der Waals surface area contributed by atoms with Gasteiger partial charge in [-0.15, -0.1) is 0 Å².